The fourth-order valence-corrected chi connectivity index (χ4v) is 2.21. The van der Waals surface area contributed by atoms with Gasteiger partial charge in [0.25, 0.3) is 5.69 Å². The summed E-state index contributed by atoms with van der Waals surface area (Å²) in [7, 11) is 4.00. The quantitative estimate of drug-likeness (QED) is 0.459. The Morgan fingerprint density at radius 3 is 2.00 bits per heavy atom. The van der Waals surface area contributed by atoms with Crippen LogP contribution in [0.1, 0.15) is 19.4 Å². The van der Waals surface area contributed by atoms with Crippen molar-refractivity contribution in [3.63, 3.8) is 0 Å². The largest absolute Gasteiger partial charge is 0.378 e. The minimum Gasteiger partial charge on any atom is -0.378 e. The molecule has 0 aliphatic heterocycles. The Hall–Kier alpha value is -2.89. The van der Waals surface area contributed by atoms with Crippen molar-refractivity contribution < 1.29 is 4.92 Å². The topological polar surface area (TPSA) is 62.0 Å². The number of rotatable bonds is 6. The van der Waals surface area contributed by atoms with Gasteiger partial charge in [0, 0.05) is 38.0 Å². The monoisotopic (exact) mass is 326 g/mol. The second-order valence-electron chi connectivity index (χ2n) is 5.94. The van der Waals surface area contributed by atoms with E-state index in [1.165, 1.54) is 12.1 Å². The lowest BCUT2D eigenvalue weighted by Crippen LogP contribution is -2.25. The zero-order valence-corrected chi connectivity index (χ0v) is 14.4. The normalized spacial score (nSPS) is 11.0. The summed E-state index contributed by atoms with van der Waals surface area (Å²) < 4.78 is 0. The van der Waals surface area contributed by atoms with Crippen molar-refractivity contribution in [3.8, 4) is 0 Å². The van der Waals surface area contributed by atoms with E-state index in [9.17, 15) is 10.1 Å². The predicted octanol–water partition coefficient (Wildman–Crippen LogP) is 3.91. The first kappa shape index (κ1) is 17.5. The molecule has 0 fully saturated rings. The van der Waals surface area contributed by atoms with Gasteiger partial charge in [-0.25, -0.2) is 0 Å². The van der Waals surface area contributed by atoms with E-state index in [2.05, 4.69) is 5.10 Å². The summed E-state index contributed by atoms with van der Waals surface area (Å²) in [6, 6.07) is 14.6. The molecule has 0 radical (unpaired) electrons. The van der Waals surface area contributed by atoms with Crippen molar-refractivity contribution in [1.82, 2.24) is 0 Å². The number of hydrogen-bond acceptors (Lipinski definition) is 5. The maximum atomic E-state index is 10.8. The Kier molecular flexibility index (Phi) is 5.52. The number of hydrazone groups is 1. The van der Waals surface area contributed by atoms with E-state index in [-0.39, 0.29) is 11.7 Å². The van der Waals surface area contributed by atoms with Crippen LogP contribution in [0.2, 0.25) is 0 Å². The van der Waals surface area contributed by atoms with Crippen molar-refractivity contribution in [2.24, 2.45) is 5.10 Å². The van der Waals surface area contributed by atoms with Gasteiger partial charge in [0.15, 0.2) is 0 Å². The average molecular weight is 326 g/mol. The van der Waals surface area contributed by atoms with Gasteiger partial charge >= 0.3 is 0 Å². The molecule has 0 atom stereocenters. The number of non-ortho nitro benzene ring substituents is 1. The molecule has 0 aliphatic rings. The summed E-state index contributed by atoms with van der Waals surface area (Å²) in [6.07, 6.45) is 1.79. The minimum absolute atomic E-state index is 0.0747. The molecule has 24 heavy (non-hydrogen) atoms. The van der Waals surface area contributed by atoms with Gasteiger partial charge in [-0.15, -0.1) is 0 Å². The summed E-state index contributed by atoms with van der Waals surface area (Å²) in [5, 5.41) is 17.1. The van der Waals surface area contributed by atoms with Crippen molar-refractivity contribution in [3.05, 3.63) is 64.2 Å². The number of anilines is 2. The van der Waals surface area contributed by atoms with Crippen LogP contribution in [0.4, 0.5) is 17.1 Å². The maximum absolute atomic E-state index is 10.8. The van der Waals surface area contributed by atoms with Crippen molar-refractivity contribution >= 4 is 23.3 Å². The van der Waals surface area contributed by atoms with Gasteiger partial charge in [-0.1, -0.05) is 12.1 Å². The van der Waals surface area contributed by atoms with Crippen LogP contribution >= 0.6 is 0 Å². The second kappa shape index (κ2) is 7.59. The van der Waals surface area contributed by atoms with Gasteiger partial charge in [0.2, 0.25) is 0 Å². The zero-order chi connectivity index (χ0) is 17.7. The fraction of sp³-hybridized carbons (Fsp3) is 0.278. The Morgan fingerprint density at radius 2 is 1.54 bits per heavy atom. The molecule has 0 saturated heterocycles. The van der Waals surface area contributed by atoms with Gasteiger partial charge < -0.3 is 4.90 Å². The van der Waals surface area contributed by atoms with Crippen molar-refractivity contribution in [1.29, 1.82) is 0 Å². The van der Waals surface area contributed by atoms with E-state index in [0.29, 0.717) is 0 Å². The average Bonchev–Trinajstić information content (AvgIpc) is 2.55. The predicted molar refractivity (Wildman–Crippen MR) is 99.1 cm³/mol. The van der Waals surface area contributed by atoms with Gasteiger partial charge in [-0.05, 0) is 43.7 Å². The summed E-state index contributed by atoms with van der Waals surface area (Å²) in [6.45, 7) is 4.04. The molecule has 0 aromatic heterocycles. The molecule has 0 spiro atoms. The van der Waals surface area contributed by atoms with E-state index >= 15 is 0 Å². The first-order valence-electron chi connectivity index (χ1n) is 7.73. The third kappa shape index (κ3) is 4.32. The summed E-state index contributed by atoms with van der Waals surface area (Å²) in [5.41, 5.74) is 3.01. The van der Waals surface area contributed by atoms with Gasteiger partial charge in [-0.2, -0.15) is 5.10 Å². The van der Waals surface area contributed by atoms with Crippen molar-refractivity contribution in [2.75, 3.05) is 24.0 Å². The van der Waals surface area contributed by atoms with Crippen LogP contribution in [0.5, 0.6) is 0 Å². The molecule has 0 saturated carbocycles. The Balaban J connectivity index is 2.20. The first-order chi connectivity index (χ1) is 11.4. The molecule has 0 heterocycles. The number of hydrogen-bond donors (Lipinski definition) is 0. The van der Waals surface area contributed by atoms with Crippen LogP contribution in [0, 0.1) is 10.1 Å². The van der Waals surface area contributed by atoms with E-state index < -0.39 is 4.92 Å². The Labute approximate surface area is 142 Å². The SMILES string of the molecule is CC(C)N(/N=C\c1ccc(N(C)C)cc1)c1ccc([N+](=O)[O-])cc1. The molecular weight excluding hydrogens is 304 g/mol. The Bertz CT molecular complexity index is 707. The highest BCUT2D eigenvalue weighted by Gasteiger charge is 2.11. The molecule has 126 valence electrons. The minimum atomic E-state index is -0.404. The van der Waals surface area contributed by atoms with Gasteiger partial charge in [-0.3, -0.25) is 15.1 Å². The summed E-state index contributed by atoms with van der Waals surface area (Å²) in [4.78, 5) is 12.4. The summed E-state index contributed by atoms with van der Waals surface area (Å²) >= 11 is 0. The zero-order valence-electron chi connectivity index (χ0n) is 14.4. The van der Waals surface area contributed by atoms with Crippen LogP contribution in [0.25, 0.3) is 0 Å². The maximum Gasteiger partial charge on any atom is 0.269 e. The Morgan fingerprint density at radius 1 is 1.00 bits per heavy atom. The van der Waals surface area contributed by atoms with E-state index in [1.54, 1.807) is 18.3 Å². The third-order valence-corrected chi connectivity index (χ3v) is 3.55. The smallest absolute Gasteiger partial charge is 0.269 e. The van der Waals surface area contributed by atoms with Crippen LogP contribution < -0.4 is 9.91 Å². The standard InChI is InChI=1S/C18H22N4O2/c1-14(2)21(17-9-11-18(12-10-17)22(23)24)19-13-15-5-7-16(8-6-15)20(3)4/h5-14H,1-4H3/b19-13-. The fourth-order valence-electron chi connectivity index (χ4n) is 2.21. The lowest BCUT2D eigenvalue weighted by atomic mass is 10.2. The number of benzene rings is 2. The molecule has 0 unspecified atom stereocenters. The molecule has 2 aromatic rings. The van der Waals surface area contributed by atoms with Crippen LogP contribution in [-0.2, 0) is 0 Å². The van der Waals surface area contributed by atoms with Gasteiger partial charge in [0.05, 0.1) is 16.8 Å². The molecule has 2 rings (SSSR count). The highest BCUT2D eigenvalue weighted by molar-refractivity contribution is 5.81. The molecule has 2 aromatic carbocycles. The number of nitrogens with zero attached hydrogens (tertiary/aromatic N) is 4. The lowest BCUT2D eigenvalue weighted by Gasteiger charge is -2.23. The number of nitro benzene ring substituents is 1. The lowest BCUT2D eigenvalue weighted by molar-refractivity contribution is -0.384. The molecule has 0 amide bonds. The highest BCUT2D eigenvalue weighted by atomic mass is 16.6. The first-order valence-corrected chi connectivity index (χ1v) is 7.73. The van der Waals surface area contributed by atoms with E-state index in [0.717, 1.165) is 16.9 Å². The second-order valence-corrected chi connectivity index (χ2v) is 5.94. The number of nitro groups is 1. The molecule has 0 aliphatic carbocycles. The van der Waals surface area contributed by atoms with Crippen molar-refractivity contribution in [2.45, 2.75) is 19.9 Å². The van der Waals surface area contributed by atoms with E-state index in [4.69, 9.17) is 0 Å². The molecule has 6 heteroatoms. The van der Waals surface area contributed by atoms with Crippen LogP contribution in [0.3, 0.4) is 0 Å². The summed E-state index contributed by atoms with van der Waals surface area (Å²) in [5.74, 6) is 0. The van der Waals surface area contributed by atoms with Gasteiger partial charge in [0.1, 0.15) is 0 Å². The third-order valence-electron chi connectivity index (χ3n) is 3.55. The molecule has 0 bridgehead atoms. The molecule has 6 nitrogen and oxygen atoms in total. The molecular formula is C18H22N4O2. The van der Waals surface area contributed by atoms with Crippen LogP contribution in [0.15, 0.2) is 53.6 Å². The van der Waals surface area contributed by atoms with Crippen LogP contribution in [-0.4, -0.2) is 31.3 Å². The molecule has 0 N–H and O–H groups in total. The van der Waals surface area contributed by atoms with E-state index in [1.807, 2.05) is 62.1 Å². The highest BCUT2D eigenvalue weighted by Crippen LogP contribution is 2.21.